The fraction of sp³-hybridized carbons (Fsp3) is 0.273. The lowest BCUT2D eigenvalue weighted by Crippen LogP contribution is -2.39. The van der Waals surface area contributed by atoms with Gasteiger partial charge in [-0.2, -0.15) is 0 Å². The molecule has 9 heteroatoms. The number of nitro benzene ring substituents is 1. The number of hydrazine groups is 1. The van der Waals surface area contributed by atoms with E-state index in [1.54, 1.807) is 0 Å². The van der Waals surface area contributed by atoms with Gasteiger partial charge in [-0.05, 0) is 6.07 Å². The van der Waals surface area contributed by atoms with Gasteiger partial charge in [0.25, 0.3) is 5.69 Å². The van der Waals surface area contributed by atoms with Gasteiger partial charge in [0.1, 0.15) is 11.8 Å². The maximum Gasteiger partial charge on any atom is 0.273 e. The van der Waals surface area contributed by atoms with Crippen LogP contribution in [0.15, 0.2) is 18.2 Å². The van der Waals surface area contributed by atoms with Gasteiger partial charge in [0.2, 0.25) is 11.8 Å². The van der Waals surface area contributed by atoms with Crippen molar-refractivity contribution in [3.05, 3.63) is 28.3 Å². The summed E-state index contributed by atoms with van der Waals surface area (Å²) >= 11 is 0. The molecule has 1 atom stereocenters. The van der Waals surface area contributed by atoms with Crippen molar-refractivity contribution in [3.8, 4) is 5.75 Å². The molecular weight excluding hydrogens is 268 g/mol. The number of carbonyl (C=O) groups is 2. The third kappa shape index (κ3) is 2.83. The quantitative estimate of drug-likeness (QED) is 0.524. The summed E-state index contributed by atoms with van der Waals surface area (Å²) in [5, 5.41) is 13.2. The Morgan fingerprint density at radius 1 is 1.55 bits per heavy atom. The highest BCUT2D eigenvalue weighted by molar-refractivity contribution is 6.00. The van der Waals surface area contributed by atoms with Gasteiger partial charge in [0.15, 0.2) is 0 Å². The molecule has 0 saturated carbocycles. The van der Waals surface area contributed by atoms with Gasteiger partial charge in [-0.15, -0.1) is 0 Å². The lowest BCUT2D eigenvalue weighted by molar-refractivity contribution is -0.384. The minimum atomic E-state index is -0.692. The molecule has 2 rings (SSSR count). The monoisotopic (exact) mass is 280 g/mol. The van der Waals surface area contributed by atoms with Crippen molar-refractivity contribution in [2.24, 2.45) is 0 Å². The van der Waals surface area contributed by atoms with Crippen LogP contribution in [0.25, 0.3) is 0 Å². The summed E-state index contributed by atoms with van der Waals surface area (Å²) in [6.07, 6.45) is 0.0289. The number of hydrogen-bond donors (Lipinski definition) is 3. The number of non-ortho nitro benzene ring substituents is 1. The van der Waals surface area contributed by atoms with Crippen LogP contribution in [0.1, 0.15) is 6.42 Å². The maximum atomic E-state index is 11.9. The molecule has 1 fully saturated rings. The van der Waals surface area contributed by atoms with Gasteiger partial charge in [-0.3, -0.25) is 25.1 Å². The molecule has 106 valence electrons. The van der Waals surface area contributed by atoms with Gasteiger partial charge in [0, 0.05) is 6.07 Å². The van der Waals surface area contributed by atoms with Crippen molar-refractivity contribution >= 4 is 23.2 Å². The fourth-order valence-corrected chi connectivity index (χ4v) is 1.73. The van der Waals surface area contributed by atoms with Crippen molar-refractivity contribution in [1.82, 2.24) is 10.9 Å². The number of nitro groups is 1. The standard InChI is InChI=1S/C11H12N4O5/c1-20-9-4-6(15(18)19)2-3-7(9)12-11(17)8-5-10(16)14-13-8/h2-4,8,13H,5H2,1H3,(H,12,17)(H,14,16). The second-order valence-corrected chi connectivity index (χ2v) is 4.08. The van der Waals surface area contributed by atoms with Crippen molar-refractivity contribution in [2.75, 3.05) is 12.4 Å². The molecular formula is C11H12N4O5. The van der Waals surface area contributed by atoms with Gasteiger partial charge >= 0.3 is 0 Å². The van der Waals surface area contributed by atoms with Crippen LogP contribution in [0, 0.1) is 10.1 Å². The summed E-state index contributed by atoms with van der Waals surface area (Å²) in [6, 6.07) is 3.14. The lowest BCUT2D eigenvalue weighted by atomic mass is 10.2. The molecule has 1 aromatic rings. The van der Waals surface area contributed by atoms with E-state index in [1.807, 2.05) is 0 Å². The van der Waals surface area contributed by atoms with Gasteiger partial charge in [-0.25, -0.2) is 5.43 Å². The predicted molar refractivity (Wildman–Crippen MR) is 68.0 cm³/mol. The zero-order valence-corrected chi connectivity index (χ0v) is 10.5. The number of anilines is 1. The van der Waals surface area contributed by atoms with E-state index in [-0.39, 0.29) is 23.8 Å². The molecule has 3 N–H and O–H groups in total. The Balaban J connectivity index is 2.14. The first-order chi connectivity index (χ1) is 9.51. The molecule has 1 heterocycles. The third-order valence-electron chi connectivity index (χ3n) is 2.75. The molecule has 1 saturated heterocycles. The summed E-state index contributed by atoms with van der Waals surface area (Å²) in [5.74, 6) is -0.541. The number of methoxy groups -OCH3 is 1. The SMILES string of the molecule is COc1cc([N+](=O)[O-])ccc1NC(=O)C1CC(=O)NN1. The average molecular weight is 280 g/mol. The van der Waals surface area contributed by atoms with E-state index in [1.165, 1.54) is 25.3 Å². The van der Waals surface area contributed by atoms with Crippen LogP contribution in [-0.4, -0.2) is 29.9 Å². The first-order valence-corrected chi connectivity index (χ1v) is 5.69. The molecule has 0 aromatic heterocycles. The minimum Gasteiger partial charge on any atom is -0.494 e. The zero-order chi connectivity index (χ0) is 14.7. The van der Waals surface area contributed by atoms with Crippen LogP contribution in [0.2, 0.25) is 0 Å². The normalized spacial score (nSPS) is 17.4. The minimum absolute atomic E-state index is 0.0289. The summed E-state index contributed by atoms with van der Waals surface area (Å²) in [7, 11) is 1.34. The number of benzene rings is 1. The van der Waals surface area contributed by atoms with E-state index in [0.717, 1.165) is 0 Å². The number of hydrogen-bond acceptors (Lipinski definition) is 6. The first-order valence-electron chi connectivity index (χ1n) is 5.69. The van der Waals surface area contributed by atoms with E-state index in [9.17, 15) is 19.7 Å². The largest absolute Gasteiger partial charge is 0.494 e. The van der Waals surface area contributed by atoms with Crippen molar-refractivity contribution in [1.29, 1.82) is 0 Å². The number of amides is 2. The molecule has 20 heavy (non-hydrogen) atoms. The zero-order valence-electron chi connectivity index (χ0n) is 10.5. The molecule has 1 aliphatic rings. The molecule has 9 nitrogen and oxygen atoms in total. The topological polar surface area (TPSA) is 123 Å². The Morgan fingerprint density at radius 2 is 2.30 bits per heavy atom. The lowest BCUT2D eigenvalue weighted by Gasteiger charge is -2.12. The second-order valence-electron chi connectivity index (χ2n) is 4.08. The Kier molecular flexibility index (Phi) is 3.80. The van der Waals surface area contributed by atoms with Crippen LogP contribution < -0.4 is 20.9 Å². The van der Waals surface area contributed by atoms with E-state index in [2.05, 4.69) is 16.2 Å². The molecule has 1 unspecified atom stereocenters. The molecule has 2 amide bonds. The Bertz CT molecular complexity index is 574. The smallest absolute Gasteiger partial charge is 0.273 e. The highest BCUT2D eigenvalue weighted by atomic mass is 16.6. The summed E-state index contributed by atoms with van der Waals surface area (Å²) < 4.78 is 5.00. The van der Waals surface area contributed by atoms with Gasteiger partial charge in [0.05, 0.1) is 30.2 Å². The Labute approximate surface area is 113 Å². The van der Waals surface area contributed by atoms with E-state index in [0.29, 0.717) is 5.69 Å². The molecule has 0 radical (unpaired) electrons. The fourth-order valence-electron chi connectivity index (χ4n) is 1.73. The number of rotatable bonds is 4. The Morgan fingerprint density at radius 3 is 2.85 bits per heavy atom. The predicted octanol–water partition coefficient (Wildman–Crippen LogP) is -0.0650. The third-order valence-corrected chi connectivity index (χ3v) is 2.75. The van der Waals surface area contributed by atoms with Gasteiger partial charge < -0.3 is 10.1 Å². The average Bonchev–Trinajstić information content (AvgIpc) is 2.85. The number of nitrogens with one attached hydrogen (secondary N) is 3. The van der Waals surface area contributed by atoms with Crippen LogP contribution in [0.5, 0.6) is 5.75 Å². The van der Waals surface area contributed by atoms with Gasteiger partial charge in [-0.1, -0.05) is 0 Å². The molecule has 0 spiro atoms. The summed E-state index contributed by atoms with van der Waals surface area (Å²) in [5.41, 5.74) is 5.00. The van der Waals surface area contributed by atoms with Crippen molar-refractivity contribution < 1.29 is 19.2 Å². The summed E-state index contributed by atoms with van der Waals surface area (Å²) in [6.45, 7) is 0. The van der Waals surface area contributed by atoms with Crippen LogP contribution >= 0.6 is 0 Å². The maximum absolute atomic E-state index is 11.9. The molecule has 1 aliphatic heterocycles. The highest BCUT2D eigenvalue weighted by Gasteiger charge is 2.28. The van der Waals surface area contributed by atoms with Crippen molar-refractivity contribution in [2.45, 2.75) is 12.5 Å². The van der Waals surface area contributed by atoms with E-state index in [4.69, 9.17) is 4.74 Å². The molecule has 0 aliphatic carbocycles. The van der Waals surface area contributed by atoms with Crippen molar-refractivity contribution in [3.63, 3.8) is 0 Å². The number of ether oxygens (including phenoxy) is 1. The number of carbonyl (C=O) groups excluding carboxylic acids is 2. The second kappa shape index (κ2) is 5.53. The van der Waals surface area contributed by atoms with E-state index < -0.39 is 16.9 Å². The van der Waals surface area contributed by atoms with Crippen LogP contribution in [0.3, 0.4) is 0 Å². The highest BCUT2D eigenvalue weighted by Crippen LogP contribution is 2.29. The molecule has 0 bridgehead atoms. The first kappa shape index (κ1) is 13.7. The summed E-state index contributed by atoms with van der Waals surface area (Å²) in [4.78, 5) is 33.0. The van der Waals surface area contributed by atoms with E-state index >= 15 is 0 Å². The number of nitrogens with zero attached hydrogens (tertiary/aromatic N) is 1. The van der Waals surface area contributed by atoms with Crippen LogP contribution in [0.4, 0.5) is 11.4 Å². The molecule has 1 aromatic carbocycles. The Hall–Kier alpha value is -2.68. The van der Waals surface area contributed by atoms with Crippen LogP contribution in [-0.2, 0) is 9.59 Å².